The summed E-state index contributed by atoms with van der Waals surface area (Å²) in [5.74, 6) is -0.386. The third-order valence-electron chi connectivity index (χ3n) is 3.65. The highest BCUT2D eigenvalue weighted by molar-refractivity contribution is 6.31. The first kappa shape index (κ1) is 19.7. The molecule has 0 aliphatic carbocycles. The number of halogens is 4. The number of carbonyl (C=O) groups is 1. The average molecular weight is 413 g/mol. The molecule has 0 bridgehead atoms. The van der Waals surface area contributed by atoms with Crippen molar-refractivity contribution in [3.8, 4) is 17.1 Å². The fourth-order valence-electron chi connectivity index (χ4n) is 2.28. The van der Waals surface area contributed by atoms with E-state index in [0.717, 1.165) is 12.1 Å². The number of hydrogen-bond acceptors (Lipinski definition) is 6. The van der Waals surface area contributed by atoms with E-state index in [1.165, 1.54) is 31.4 Å². The lowest BCUT2D eigenvalue weighted by Crippen LogP contribution is -2.07. The maximum absolute atomic E-state index is 12.6. The van der Waals surface area contributed by atoms with Gasteiger partial charge in [-0.3, -0.25) is 0 Å². The van der Waals surface area contributed by atoms with Gasteiger partial charge >= 0.3 is 12.1 Å². The van der Waals surface area contributed by atoms with Gasteiger partial charge in [0.15, 0.2) is 6.61 Å². The van der Waals surface area contributed by atoms with Crippen LogP contribution in [0.1, 0.15) is 21.8 Å². The second-order valence-electron chi connectivity index (χ2n) is 5.51. The highest BCUT2D eigenvalue weighted by Gasteiger charge is 2.30. The topological polar surface area (TPSA) is 74.5 Å². The van der Waals surface area contributed by atoms with Gasteiger partial charge in [-0.25, -0.2) is 4.79 Å². The number of carbonyl (C=O) groups excluding carboxylic acids is 1. The molecule has 0 spiro atoms. The van der Waals surface area contributed by atoms with E-state index in [1.54, 1.807) is 6.07 Å². The summed E-state index contributed by atoms with van der Waals surface area (Å²) in [6.45, 7) is -0.331. The molecule has 10 heteroatoms. The third kappa shape index (κ3) is 4.42. The Hall–Kier alpha value is -3.07. The normalized spacial score (nSPS) is 11.3. The van der Waals surface area contributed by atoms with Gasteiger partial charge in [0.25, 0.3) is 5.89 Å². The minimum absolute atomic E-state index is 0.0238. The summed E-state index contributed by atoms with van der Waals surface area (Å²) in [7, 11) is 1.40. The minimum atomic E-state index is -4.43. The Morgan fingerprint density at radius 3 is 2.54 bits per heavy atom. The Morgan fingerprint density at radius 1 is 1.18 bits per heavy atom. The fraction of sp³-hybridized carbons (Fsp3) is 0.167. The molecule has 0 unspecified atom stereocenters. The molecule has 2 aromatic carbocycles. The van der Waals surface area contributed by atoms with Crippen molar-refractivity contribution in [3.63, 3.8) is 0 Å². The van der Waals surface area contributed by atoms with E-state index in [2.05, 4.69) is 10.1 Å². The fourth-order valence-corrected chi connectivity index (χ4v) is 2.46. The van der Waals surface area contributed by atoms with Crippen molar-refractivity contribution >= 4 is 17.6 Å². The van der Waals surface area contributed by atoms with Crippen molar-refractivity contribution in [1.82, 2.24) is 10.1 Å². The smallest absolute Gasteiger partial charge is 0.416 e. The molecule has 0 saturated carbocycles. The monoisotopic (exact) mass is 412 g/mol. The van der Waals surface area contributed by atoms with Gasteiger partial charge in [-0.15, -0.1) is 0 Å². The second kappa shape index (κ2) is 7.89. The Morgan fingerprint density at radius 2 is 1.89 bits per heavy atom. The molecule has 0 radical (unpaired) electrons. The van der Waals surface area contributed by atoms with Gasteiger partial charge in [-0.1, -0.05) is 28.9 Å². The van der Waals surface area contributed by atoms with E-state index >= 15 is 0 Å². The highest BCUT2D eigenvalue weighted by Crippen LogP contribution is 2.30. The Bertz CT molecular complexity index is 987. The molecule has 146 valence electrons. The molecule has 3 rings (SSSR count). The minimum Gasteiger partial charge on any atom is -0.496 e. The predicted octanol–water partition coefficient (Wildman–Crippen LogP) is 4.77. The average Bonchev–Trinajstić information content (AvgIpc) is 3.14. The van der Waals surface area contributed by atoms with Gasteiger partial charge in [0, 0.05) is 10.6 Å². The van der Waals surface area contributed by atoms with Crippen LogP contribution in [-0.2, 0) is 17.5 Å². The first-order valence-electron chi connectivity index (χ1n) is 7.79. The molecule has 1 heterocycles. The first-order valence-corrected chi connectivity index (χ1v) is 8.16. The van der Waals surface area contributed by atoms with Gasteiger partial charge in [0.1, 0.15) is 11.3 Å². The Balaban J connectivity index is 1.68. The van der Waals surface area contributed by atoms with Gasteiger partial charge < -0.3 is 14.0 Å². The molecular formula is C18H12ClF3N2O4. The predicted molar refractivity (Wildman–Crippen MR) is 91.9 cm³/mol. The van der Waals surface area contributed by atoms with Crippen molar-refractivity contribution in [2.24, 2.45) is 0 Å². The number of ether oxygens (including phenoxy) is 2. The van der Waals surface area contributed by atoms with E-state index in [4.69, 9.17) is 25.6 Å². The number of aromatic nitrogens is 2. The number of alkyl halides is 3. The summed E-state index contributed by atoms with van der Waals surface area (Å²) in [5, 5.41) is 4.00. The first-order chi connectivity index (χ1) is 13.3. The molecule has 6 nitrogen and oxygen atoms in total. The van der Waals surface area contributed by atoms with E-state index in [-0.39, 0.29) is 29.6 Å². The van der Waals surface area contributed by atoms with Crippen LogP contribution in [0.5, 0.6) is 5.75 Å². The van der Waals surface area contributed by atoms with Gasteiger partial charge in [0.2, 0.25) is 5.82 Å². The van der Waals surface area contributed by atoms with Crippen LogP contribution in [0.3, 0.4) is 0 Å². The number of methoxy groups -OCH3 is 1. The van der Waals surface area contributed by atoms with Crippen LogP contribution in [0.2, 0.25) is 5.02 Å². The molecule has 0 aliphatic heterocycles. The van der Waals surface area contributed by atoms with Crippen LogP contribution < -0.4 is 4.74 Å². The number of esters is 1. The molecule has 0 N–H and O–H groups in total. The van der Waals surface area contributed by atoms with Crippen molar-refractivity contribution in [3.05, 3.63) is 64.5 Å². The summed E-state index contributed by atoms with van der Waals surface area (Å²) in [5.41, 5.74) is -0.340. The van der Waals surface area contributed by atoms with Crippen LogP contribution >= 0.6 is 11.6 Å². The molecule has 1 aromatic heterocycles. The lowest BCUT2D eigenvalue weighted by Gasteiger charge is -2.07. The summed E-state index contributed by atoms with van der Waals surface area (Å²) in [6, 6.07) is 8.75. The zero-order valence-electron chi connectivity index (χ0n) is 14.3. The summed E-state index contributed by atoms with van der Waals surface area (Å²) < 4.78 is 53.0. The van der Waals surface area contributed by atoms with Crippen LogP contribution in [0.25, 0.3) is 11.4 Å². The van der Waals surface area contributed by atoms with Gasteiger partial charge in [-0.05, 0) is 30.3 Å². The lowest BCUT2D eigenvalue weighted by molar-refractivity contribution is -0.137. The van der Waals surface area contributed by atoms with E-state index < -0.39 is 17.7 Å². The van der Waals surface area contributed by atoms with E-state index in [1.807, 2.05) is 0 Å². The van der Waals surface area contributed by atoms with Crippen LogP contribution in [0.4, 0.5) is 13.2 Å². The quantitative estimate of drug-likeness (QED) is 0.562. The molecule has 0 saturated heterocycles. The molecular weight excluding hydrogens is 401 g/mol. The number of nitrogens with zero attached hydrogens (tertiary/aromatic N) is 2. The Labute approximate surface area is 161 Å². The zero-order chi connectivity index (χ0) is 20.3. The largest absolute Gasteiger partial charge is 0.496 e. The van der Waals surface area contributed by atoms with Crippen molar-refractivity contribution in [1.29, 1.82) is 0 Å². The second-order valence-corrected chi connectivity index (χ2v) is 5.94. The lowest BCUT2D eigenvalue weighted by atomic mass is 10.1. The standard InChI is InChI=1S/C18H12ClF3N2O4/c1-26-14-7-6-12(19)8-13(14)17(25)27-9-15-23-16(24-28-15)10-2-4-11(5-3-10)18(20,21)22/h2-8H,9H2,1H3. The maximum Gasteiger partial charge on any atom is 0.416 e. The maximum atomic E-state index is 12.6. The summed E-state index contributed by atoms with van der Waals surface area (Å²) in [4.78, 5) is 16.2. The van der Waals surface area contributed by atoms with E-state index in [9.17, 15) is 18.0 Å². The van der Waals surface area contributed by atoms with Crippen molar-refractivity contribution in [2.45, 2.75) is 12.8 Å². The molecule has 3 aromatic rings. The third-order valence-corrected chi connectivity index (χ3v) is 3.88. The number of hydrogen-bond donors (Lipinski definition) is 0. The van der Waals surface area contributed by atoms with Crippen LogP contribution in [0.15, 0.2) is 47.0 Å². The zero-order valence-corrected chi connectivity index (χ0v) is 15.0. The van der Waals surface area contributed by atoms with Gasteiger partial charge in [0.05, 0.1) is 12.7 Å². The molecule has 0 aliphatic rings. The molecule has 28 heavy (non-hydrogen) atoms. The molecule has 0 atom stereocenters. The molecule has 0 fully saturated rings. The van der Waals surface area contributed by atoms with Crippen molar-refractivity contribution < 1.29 is 32.0 Å². The summed E-state index contributed by atoms with van der Waals surface area (Å²) >= 11 is 5.87. The number of benzene rings is 2. The van der Waals surface area contributed by atoms with Gasteiger partial charge in [-0.2, -0.15) is 18.2 Å². The molecule has 0 amide bonds. The Kier molecular flexibility index (Phi) is 5.55. The number of rotatable bonds is 5. The van der Waals surface area contributed by atoms with Crippen molar-refractivity contribution in [2.75, 3.05) is 7.11 Å². The van der Waals surface area contributed by atoms with E-state index in [0.29, 0.717) is 10.6 Å². The highest BCUT2D eigenvalue weighted by atomic mass is 35.5. The summed E-state index contributed by atoms with van der Waals surface area (Å²) in [6.07, 6.45) is -4.43. The van der Waals surface area contributed by atoms with Crippen LogP contribution in [0, 0.1) is 0 Å². The SMILES string of the molecule is COc1ccc(Cl)cc1C(=O)OCc1nc(-c2ccc(C(F)(F)F)cc2)no1. The van der Waals surface area contributed by atoms with Crippen LogP contribution in [-0.4, -0.2) is 23.2 Å².